The molecule has 0 amide bonds. The van der Waals surface area contributed by atoms with E-state index in [1.165, 1.54) is 0 Å². The number of hydrogen-bond donors (Lipinski definition) is 3. The summed E-state index contributed by atoms with van der Waals surface area (Å²) >= 11 is 5.86. The van der Waals surface area contributed by atoms with E-state index in [1.807, 2.05) is 42.5 Å². The van der Waals surface area contributed by atoms with Gasteiger partial charge in [-0.15, -0.1) is 0 Å². The van der Waals surface area contributed by atoms with E-state index in [-0.39, 0.29) is 0 Å². The minimum absolute atomic E-state index is 0.353. The zero-order valence-electron chi connectivity index (χ0n) is 15.5. The van der Waals surface area contributed by atoms with Gasteiger partial charge in [0.15, 0.2) is 0 Å². The molecule has 146 valence electrons. The van der Waals surface area contributed by atoms with Gasteiger partial charge in [-0.2, -0.15) is 0 Å². The molecule has 0 aromatic heterocycles. The highest BCUT2D eigenvalue weighted by molar-refractivity contribution is 6.30. The van der Waals surface area contributed by atoms with Crippen molar-refractivity contribution >= 4 is 23.1 Å². The molecule has 0 spiro atoms. The molecule has 1 aliphatic carbocycles. The number of hydrogen-bond acceptors (Lipinski definition) is 3. The topological polar surface area (TPSA) is 69.6 Å². The maximum absolute atomic E-state index is 11.9. The van der Waals surface area contributed by atoms with Crippen molar-refractivity contribution in [1.29, 1.82) is 0 Å². The zero-order valence-corrected chi connectivity index (χ0v) is 16.3. The predicted octanol–water partition coefficient (Wildman–Crippen LogP) is 4.47. The van der Waals surface area contributed by atoms with Gasteiger partial charge >= 0.3 is 5.97 Å². The van der Waals surface area contributed by atoms with Crippen LogP contribution < -0.4 is 5.32 Å². The molecule has 3 N–H and O–H groups in total. The van der Waals surface area contributed by atoms with Gasteiger partial charge in [0.05, 0.1) is 11.5 Å². The molecule has 0 saturated carbocycles. The average molecular weight is 398 g/mol. The van der Waals surface area contributed by atoms with Crippen LogP contribution in [-0.2, 0) is 4.79 Å². The molecule has 1 unspecified atom stereocenters. The van der Waals surface area contributed by atoms with Crippen molar-refractivity contribution < 1.29 is 15.0 Å². The maximum atomic E-state index is 11.9. The van der Waals surface area contributed by atoms with Crippen molar-refractivity contribution in [1.82, 2.24) is 5.32 Å². The first-order valence-electron chi connectivity index (χ1n) is 9.33. The van der Waals surface area contributed by atoms with Crippen molar-refractivity contribution in [2.24, 2.45) is 5.41 Å². The average Bonchev–Trinajstić information content (AvgIpc) is 2.72. The molecule has 0 bridgehead atoms. The van der Waals surface area contributed by atoms with Crippen LogP contribution in [0.5, 0.6) is 0 Å². The van der Waals surface area contributed by atoms with Crippen LogP contribution in [0.15, 0.2) is 72.8 Å². The van der Waals surface area contributed by atoms with Crippen LogP contribution in [0.1, 0.15) is 30.1 Å². The Morgan fingerprint density at radius 3 is 2.46 bits per heavy atom. The molecule has 0 fully saturated rings. The molecule has 0 heterocycles. The van der Waals surface area contributed by atoms with Crippen molar-refractivity contribution in [3.05, 3.63) is 89.0 Å². The fourth-order valence-electron chi connectivity index (χ4n) is 3.33. The van der Waals surface area contributed by atoms with Gasteiger partial charge in [0.2, 0.25) is 0 Å². The van der Waals surface area contributed by atoms with Gasteiger partial charge in [0.25, 0.3) is 0 Å². The summed E-state index contributed by atoms with van der Waals surface area (Å²) in [6.45, 7) is 0.849. The van der Waals surface area contributed by atoms with E-state index in [0.717, 1.165) is 16.7 Å². The van der Waals surface area contributed by atoms with E-state index in [2.05, 4.69) is 5.32 Å². The number of carbonyl (C=O) groups is 1. The van der Waals surface area contributed by atoms with Crippen LogP contribution >= 0.6 is 11.6 Å². The van der Waals surface area contributed by atoms with E-state index in [9.17, 15) is 15.0 Å². The van der Waals surface area contributed by atoms with Gasteiger partial charge in [-0.05, 0) is 48.2 Å². The molecule has 3 rings (SSSR count). The first-order chi connectivity index (χ1) is 13.5. The third kappa shape index (κ3) is 4.90. The van der Waals surface area contributed by atoms with Crippen LogP contribution in [0.4, 0.5) is 0 Å². The lowest BCUT2D eigenvalue weighted by Gasteiger charge is -2.28. The molecule has 2 aromatic rings. The smallest absolute Gasteiger partial charge is 0.313 e. The first-order valence-corrected chi connectivity index (χ1v) is 9.70. The third-order valence-corrected chi connectivity index (χ3v) is 5.39. The fraction of sp³-hybridized carbons (Fsp3) is 0.261. The normalized spacial score (nSPS) is 19.9. The van der Waals surface area contributed by atoms with Crippen LogP contribution in [0.25, 0.3) is 5.57 Å². The van der Waals surface area contributed by atoms with E-state index < -0.39 is 17.5 Å². The second-order valence-corrected chi connectivity index (χ2v) is 7.48. The predicted molar refractivity (Wildman–Crippen MR) is 112 cm³/mol. The fourth-order valence-corrected chi connectivity index (χ4v) is 3.45. The summed E-state index contributed by atoms with van der Waals surface area (Å²) in [4.78, 5) is 11.9. The number of rotatable bonds is 8. The number of aliphatic carboxylic acids is 1. The Bertz CT molecular complexity index is 861. The second kappa shape index (κ2) is 9.20. The Labute approximate surface area is 170 Å². The summed E-state index contributed by atoms with van der Waals surface area (Å²) in [6.07, 6.45) is 5.93. The molecular weight excluding hydrogens is 374 g/mol. The van der Waals surface area contributed by atoms with Gasteiger partial charge in [-0.25, -0.2) is 0 Å². The minimum atomic E-state index is -0.920. The van der Waals surface area contributed by atoms with Gasteiger partial charge in [0.1, 0.15) is 0 Å². The summed E-state index contributed by atoms with van der Waals surface area (Å²) in [5.74, 6) is -0.827. The molecule has 2 atom stereocenters. The summed E-state index contributed by atoms with van der Waals surface area (Å²) in [5, 5.41) is 23.8. The minimum Gasteiger partial charge on any atom is -0.481 e. The number of aliphatic hydroxyl groups is 1. The van der Waals surface area contributed by atoms with Gasteiger partial charge in [-0.1, -0.05) is 72.3 Å². The number of carboxylic acids is 1. The van der Waals surface area contributed by atoms with E-state index in [0.29, 0.717) is 31.0 Å². The van der Waals surface area contributed by atoms with Crippen molar-refractivity contribution in [2.45, 2.75) is 18.9 Å². The first kappa shape index (κ1) is 20.3. The van der Waals surface area contributed by atoms with Crippen LogP contribution in [0, 0.1) is 5.41 Å². The monoisotopic (exact) mass is 397 g/mol. The van der Waals surface area contributed by atoms with E-state index >= 15 is 0 Å². The number of allylic oxidation sites excluding steroid dienone is 3. The molecule has 5 heteroatoms. The molecule has 4 nitrogen and oxygen atoms in total. The molecule has 2 aromatic carbocycles. The van der Waals surface area contributed by atoms with Gasteiger partial charge < -0.3 is 15.5 Å². The Kier molecular flexibility index (Phi) is 6.68. The van der Waals surface area contributed by atoms with Gasteiger partial charge in [-0.3, -0.25) is 4.79 Å². The number of nitrogens with one attached hydrogen (secondary N) is 1. The summed E-state index contributed by atoms with van der Waals surface area (Å²) in [5.41, 5.74) is 1.99. The van der Waals surface area contributed by atoms with Crippen molar-refractivity contribution in [2.75, 3.05) is 13.1 Å². The highest BCUT2D eigenvalue weighted by atomic mass is 35.5. The third-order valence-electron chi connectivity index (χ3n) is 5.14. The lowest BCUT2D eigenvalue weighted by molar-refractivity contribution is -0.146. The quantitative estimate of drug-likeness (QED) is 0.575. The standard InChI is InChI=1S/C23H24ClNO3/c24-20-8-6-19(7-9-20)21(26)16-25-15-14-23(22(27)28)12-10-18(11-13-23)17-4-2-1-3-5-17/h1-12,21,25-26H,13-16H2,(H,27,28)/t21-,23?/m0/s1. The summed E-state index contributed by atoms with van der Waals surface area (Å²) in [6, 6.07) is 17.0. The van der Waals surface area contributed by atoms with E-state index in [1.54, 1.807) is 30.3 Å². The number of benzene rings is 2. The number of carboxylic acid groups (broad SMARTS) is 1. The Balaban J connectivity index is 1.54. The van der Waals surface area contributed by atoms with Crippen molar-refractivity contribution in [3.8, 4) is 0 Å². The zero-order chi connectivity index (χ0) is 20.0. The molecule has 0 aliphatic heterocycles. The Morgan fingerprint density at radius 2 is 1.86 bits per heavy atom. The molecule has 28 heavy (non-hydrogen) atoms. The Hall–Kier alpha value is -2.40. The molecule has 1 aliphatic rings. The number of aliphatic hydroxyl groups excluding tert-OH is 1. The van der Waals surface area contributed by atoms with Crippen molar-refractivity contribution in [3.63, 3.8) is 0 Å². The lowest BCUT2D eigenvalue weighted by atomic mass is 9.76. The second-order valence-electron chi connectivity index (χ2n) is 7.05. The molecule has 0 radical (unpaired) electrons. The maximum Gasteiger partial charge on any atom is 0.313 e. The van der Waals surface area contributed by atoms with Crippen LogP contribution in [0.2, 0.25) is 5.02 Å². The SMILES string of the molecule is O=C(O)C1(CCNC[C@H](O)c2ccc(Cl)cc2)C=CC(c2ccccc2)=CC1. The Morgan fingerprint density at radius 1 is 1.14 bits per heavy atom. The van der Waals surface area contributed by atoms with Gasteiger partial charge in [0, 0.05) is 11.6 Å². The summed E-state index contributed by atoms with van der Waals surface area (Å²) in [7, 11) is 0. The van der Waals surface area contributed by atoms with Crippen LogP contribution in [0.3, 0.4) is 0 Å². The van der Waals surface area contributed by atoms with E-state index in [4.69, 9.17) is 11.6 Å². The summed E-state index contributed by atoms with van der Waals surface area (Å²) < 4.78 is 0. The number of halogens is 1. The molecular formula is C23H24ClNO3. The highest BCUT2D eigenvalue weighted by Gasteiger charge is 2.36. The van der Waals surface area contributed by atoms with Crippen LogP contribution in [-0.4, -0.2) is 29.3 Å². The molecule has 0 saturated heterocycles. The largest absolute Gasteiger partial charge is 0.481 e. The lowest BCUT2D eigenvalue weighted by Crippen LogP contribution is -2.34. The highest BCUT2D eigenvalue weighted by Crippen LogP contribution is 2.36.